The zero-order valence-electron chi connectivity index (χ0n) is 20.8. The summed E-state index contributed by atoms with van der Waals surface area (Å²) in [4.78, 5) is 21.5. The van der Waals surface area contributed by atoms with E-state index in [1.54, 1.807) is 6.20 Å². The summed E-state index contributed by atoms with van der Waals surface area (Å²) in [5, 5.41) is 18.5. The maximum atomic E-state index is 12.4. The summed E-state index contributed by atoms with van der Waals surface area (Å²) in [6, 6.07) is 12.5. The Kier molecular flexibility index (Phi) is 6.99. The summed E-state index contributed by atoms with van der Waals surface area (Å²) < 4.78 is 5.64. The van der Waals surface area contributed by atoms with Crippen molar-refractivity contribution >= 4 is 29.6 Å². The highest BCUT2D eigenvalue weighted by Gasteiger charge is 2.26. The van der Waals surface area contributed by atoms with Crippen molar-refractivity contribution in [2.75, 3.05) is 43.1 Å². The van der Waals surface area contributed by atoms with Gasteiger partial charge in [0.15, 0.2) is 0 Å². The molecule has 0 saturated carbocycles. The lowest BCUT2D eigenvalue weighted by atomic mass is 9.88. The van der Waals surface area contributed by atoms with Gasteiger partial charge in [0.25, 0.3) is 0 Å². The number of hydrogen-bond acceptors (Lipinski definition) is 7. The molecule has 5 rings (SSSR count). The molecule has 2 aliphatic rings. The first-order valence-electron chi connectivity index (χ1n) is 12.6. The third kappa shape index (κ3) is 4.83. The summed E-state index contributed by atoms with van der Waals surface area (Å²) in [5.74, 6) is 2.63. The number of H-pyrrole nitrogens is 1. The van der Waals surface area contributed by atoms with E-state index in [2.05, 4.69) is 57.7 Å². The van der Waals surface area contributed by atoms with Crippen LogP contribution in [0.2, 0.25) is 0 Å². The van der Waals surface area contributed by atoms with Crippen LogP contribution in [0, 0.1) is 5.41 Å². The highest BCUT2D eigenvalue weighted by atomic mass is 16.5. The molecule has 9 nitrogen and oxygen atoms in total. The smallest absolute Gasteiger partial charge is 0.223 e. The third-order valence-electron chi connectivity index (χ3n) is 7.20. The lowest BCUT2D eigenvalue weighted by Gasteiger charge is -2.35. The monoisotopic (exact) mass is 487 g/mol. The predicted octanol–water partition coefficient (Wildman–Crippen LogP) is 4.16. The number of anilines is 3. The molecular weight excluding hydrogens is 454 g/mol. The fourth-order valence-corrected chi connectivity index (χ4v) is 5.12. The molecule has 188 valence electrons. The largest absolute Gasteiger partial charge is 0.377 e. The molecule has 2 fully saturated rings. The standard InChI is InChI=1S/C27H33N7O2/c1-3-33-11-9-21(14-26(33)35)19-4-6-20(7-5-19)22-15-25(34-12-13-36-17-18(34)2)31-27(23(22)16-28)30-24-8-10-29-32-24/h4-8,10,15-16,18,21,28H,3,9,11-14,17H2,1-2H3,(H2,29,30,31,32)/t18-,21?/m1/s1. The van der Waals surface area contributed by atoms with Gasteiger partial charge in [0, 0.05) is 43.9 Å². The fourth-order valence-electron chi connectivity index (χ4n) is 5.12. The number of piperidine rings is 1. The summed E-state index contributed by atoms with van der Waals surface area (Å²) in [6.45, 7) is 7.81. The molecule has 3 N–H and O–H groups in total. The number of carbonyl (C=O) groups excluding carboxylic acids is 1. The number of nitrogens with one attached hydrogen (secondary N) is 3. The van der Waals surface area contributed by atoms with Crippen molar-refractivity contribution in [2.24, 2.45) is 0 Å². The number of rotatable bonds is 7. The molecule has 2 aliphatic heterocycles. The summed E-state index contributed by atoms with van der Waals surface area (Å²) in [6.07, 6.45) is 4.57. The Hall–Kier alpha value is -3.72. The Bertz CT molecular complexity index is 1210. The molecule has 2 aromatic heterocycles. The second kappa shape index (κ2) is 10.5. The van der Waals surface area contributed by atoms with Crippen LogP contribution in [0.3, 0.4) is 0 Å². The minimum absolute atomic E-state index is 0.193. The van der Waals surface area contributed by atoms with Crippen molar-refractivity contribution in [3.63, 3.8) is 0 Å². The van der Waals surface area contributed by atoms with Gasteiger partial charge in [0.2, 0.25) is 5.91 Å². The topological polar surface area (TPSA) is 110 Å². The highest BCUT2D eigenvalue weighted by molar-refractivity contribution is 5.96. The van der Waals surface area contributed by atoms with Gasteiger partial charge < -0.3 is 25.3 Å². The second-order valence-corrected chi connectivity index (χ2v) is 9.43. The van der Waals surface area contributed by atoms with Gasteiger partial charge in [-0.15, -0.1) is 0 Å². The normalized spacial score (nSPS) is 20.4. The zero-order valence-corrected chi connectivity index (χ0v) is 20.8. The van der Waals surface area contributed by atoms with Gasteiger partial charge in [-0.2, -0.15) is 5.10 Å². The molecule has 3 aromatic rings. The van der Waals surface area contributed by atoms with Gasteiger partial charge in [0.05, 0.1) is 25.5 Å². The fraction of sp³-hybridized carbons (Fsp3) is 0.407. The van der Waals surface area contributed by atoms with Crippen LogP contribution in [0.25, 0.3) is 11.1 Å². The van der Waals surface area contributed by atoms with Gasteiger partial charge in [-0.1, -0.05) is 24.3 Å². The summed E-state index contributed by atoms with van der Waals surface area (Å²) >= 11 is 0. The number of ether oxygens (including phenoxy) is 1. The summed E-state index contributed by atoms with van der Waals surface area (Å²) in [7, 11) is 0. The molecule has 0 spiro atoms. The minimum atomic E-state index is 0.193. The van der Waals surface area contributed by atoms with E-state index in [1.165, 1.54) is 11.8 Å². The number of amides is 1. The van der Waals surface area contributed by atoms with E-state index in [4.69, 9.17) is 15.1 Å². The number of aromatic amines is 1. The van der Waals surface area contributed by atoms with Crippen molar-refractivity contribution in [2.45, 2.75) is 38.6 Å². The average molecular weight is 488 g/mol. The molecule has 1 amide bonds. The molecule has 36 heavy (non-hydrogen) atoms. The quantitative estimate of drug-likeness (QED) is 0.432. The number of pyridine rings is 1. The van der Waals surface area contributed by atoms with E-state index in [1.807, 2.05) is 17.9 Å². The third-order valence-corrected chi connectivity index (χ3v) is 7.20. The van der Waals surface area contributed by atoms with Crippen LogP contribution in [0.15, 0.2) is 42.6 Å². The van der Waals surface area contributed by atoms with Crippen LogP contribution in [-0.4, -0.2) is 71.1 Å². The first kappa shape index (κ1) is 24.0. The number of aromatic nitrogens is 3. The van der Waals surface area contributed by atoms with Crippen LogP contribution in [-0.2, 0) is 9.53 Å². The Morgan fingerprint density at radius 1 is 1.25 bits per heavy atom. The second-order valence-electron chi connectivity index (χ2n) is 9.43. The van der Waals surface area contributed by atoms with Crippen molar-refractivity contribution in [3.8, 4) is 11.1 Å². The number of benzene rings is 1. The maximum absolute atomic E-state index is 12.4. The van der Waals surface area contributed by atoms with Crippen molar-refractivity contribution in [3.05, 3.63) is 53.7 Å². The van der Waals surface area contributed by atoms with Crippen LogP contribution in [0.4, 0.5) is 17.5 Å². The van der Waals surface area contributed by atoms with Gasteiger partial charge in [-0.25, -0.2) is 4.98 Å². The van der Waals surface area contributed by atoms with E-state index in [-0.39, 0.29) is 17.9 Å². The van der Waals surface area contributed by atoms with E-state index in [0.29, 0.717) is 36.8 Å². The molecule has 2 saturated heterocycles. The average Bonchev–Trinajstić information content (AvgIpc) is 3.42. The molecule has 1 aromatic carbocycles. The summed E-state index contributed by atoms with van der Waals surface area (Å²) in [5.41, 5.74) is 3.82. The number of nitrogens with zero attached hydrogens (tertiary/aromatic N) is 4. The van der Waals surface area contributed by atoms with Gasteiger partial charge in [0.1, 0.15) is 17.5 Å². The van der Waals surface area contributed by atoms with Crippen LogP contribution < -0.4 is 10.2 Å². The molecule has 1 unspecified atom stereocenters. The van der Waals surface area contributed by atoms with Gasteiger partial charge >= 0.3 is 0 Å². The Labute approximate surface area is 211 Å². The highest BCUT2D eigenvalue weighted by Crippen LogP contribution is 2.35. The molecule has 0 radical (unpaired) electrons. The predicted molar refractivity (Wildman–Crippen MR) is 141 cm³/mol. The molecule has 2 atom stereocenters. The van der Waals surface area contributed by atoms with Crippen molar-refractivity contribution in [1.29, 1.82) is 5.41 Å². The molecule has 0 bridgehead atoms. The van der Waals surface area contributed by atoms with Crippen LogP contribution in [0.1, 0.15) is 43.7 Å². The first-order chi connectivity index (χ1) is 17.6. The Morgan fingerprint density at radius 3 is 2.75 bits per heavy atom. The molecule has 9 heteroatoms. The van der Waals surface area contributed by atoms with Gasteiger partial charge in [-0.3, -0.25) is 9.89 Å². The van der Waals surface area contributed by atoms with Crippen LogP contribution >= 0.6 is 0 Å². The van der Waals surface area contributed by atoms with E-state index >= 15 is 0 Å². The van der Waals surface area contributed by atoms with Crippen molar-refractivity contribution in [1.82, 2.24) is 20.1 Å². The SMILES string of the molecule is CCN1CCC(c2ccc(-c3cc(N4CCOC[C@H]4C)nc(Nc4ccn[nH]4)c3C=N)cc2)CC1=O. The zero-order chi connectivity index (χ0) is 25.1. The van der Waals surface area contributed by atoms with Crippen molar-refractivity contribution < 1.29 is 9.53 Å². The number of hydrogen-bond donors (Lipinski definition) is 3. The van der Waals surface area contributed by atoms with E-state index in [0.717, 1.165) is 43.0 Å². The van der Waals surface area contributed by atoms with Crippen LogP contribution in [0.5, 0.6) is 0 Å². The van der Waals surface area contributed by atoms with E-state index < -0.39 is 0 Å². The number of carbonyl (C=O) groups is 1. The maximum Gasteiger partial charge on any atom is 0.223 e. The lowest BCUT2D eigenvalue weighted by Crippen LogP contribution is -2.44. The Morgan fingerprint density at radius 2 is 2.08 bits per heavy atom. The minimum Gasteiger partial charge on any atom is -0.377 e. The first-order valence-corrected chi connectivity index (χ1v) is 12.6. The number of morpholine rings is 1. The molecular formula is C27H33N7O2. The molecule has 4 heterocycles. The number of likely N-dealkylation sites (tertiary alicyclic amines) is 1. The molecule has 0 aliphatic carbocycles. The lowest BCUT2D eigenvalue weighted by molar-refractivity contribution is -0.133. The Balaban J connectivity index is 1.50. The van der Waals surface area contributed by atoms with Gasteiger partial charge in [-0.05, 0) is 48.9 Å². The van der Waals surface area contributed by atoms with E-state index in [9.17, 15) is 4.79 Å².